The van der Waals surface area contributed by atoms with Gasteiger partial charge in [-0.2, -0.15) is 0 Å². The first-order valence-electron chi connectivity index (χ1n) is 5.28. The van der Waals surface area contributed by atoms with Crippen molar-refractivity contribution in [3.8, 4) is 0 Å². The molecule has 0 radical (unpaired) electrons. The first-order valence-corrected chi connectivity index (χ1v) is 5.28. The molecule has 1 heterocycles. The Balaban J connectivity index is 2.55. The van der Waals surface area contributed by atoms with E-state index in [1.54, 1.807) is 0 Å². The number of aliphatic carboxylic acids is 1. The van der Waals surface area contributed by atoms with Crippen LogP contribution >= 0.6 is 0 Å². The van der Waals surface area contributed by atoms with Crippen molar-refractivity contribution in [2.75, 3.05) is 5.32 Å². The average molecular weight is 223 g/mol. The third kappa shape index (κ3) is 4.25. The number of hydrogen-bond donors (Lipinski definition) is 2. The maximum Gasteiger partial charge on any atom is 0.303 e. The highest BCUT2D eigenvalue weighted by atomic mass is 16.4. The minimum absolute atomic E-state index is 0.0878. The summed E-state index contributed by atoms with van der Waals surface area (Å²) in [4.78, 5) is 18.8. The number of hydrogen-bond acceptors (Lipinski definition) is 4. The molecule has 0 spiro atoms. The van der Waals surface area contributed by atoms with Crippen molar-refractivity contribution in [3.63, 3.8) is 0 Å². The molecule has 0 bridgehead atoms. The zero-order valence-corrected chi connectivity index (χ0v) is 9.82. The van der Waals surface area contributed by atoms with E-state index in [9.17, 15) is 4.79 Å². The summed E-state index contributed by atoms with van der Waals surface area (Å²) in [6, 6.07) is 1.94. The van der Waals surface area contributed by atoms with Crippen LogP contribution in [0.5, 0.6) is 0 Å². The first kappa shape index (κ1) is 12.4. The van der Waals surface area contributed by atoms with Gasteiger partial charge in [0, 0.05) is 24.2 Å². The molecule has 0 aromatic carbocycles. The Morgan fingerprint density at radius 1 is 1.50 bits per heavy atom. The molecule has 1 unspecified atom stereocenters. The van der Waals surface area contributed by atoms with Crippen molar-refractivity contribution in [2.45, 2.75) is 39.7 Å². The van der Waals surface area contributed by atoms with E-state index in [-0.39, 0.29) is 12.5 Å². The van der Waals surface area contributed by atoms with E-state index in [1.165, 1.54) is 0 Å². The van der Waals surface area contributed by atoms with E-state index in [2.05, 4.69) is 15.3 Å². The molecule has 0 amide bonds. The van der Waals surface area contributed by atoms with E-state index < -0.39 is 5.97 Å². The molecule has 1 aromatic heterocycles. The number of aromatic nitrogens is 2. The minimum atomic E-state index is -0.774. The van der Waals surface area contributed by atoms with E-state index in [0.717, 1.165) is 11.5 Å². The number of carboxylic acids is 1. The normalized spacial score (nSPS) is 12.2. The number of rotatable bonds is 5. The predicted molar refractivity (Wildman–Crippen MR) is 61.5 cm³/mol. The SMILES string of the molecule is Cc1cc(NC(C)CCC(=O)O)nc(C)n1. The lowest BCUT2D eigenvalue weighted by molar-refractivity contribution is -0.137. The predicted octanol–water partition coefficient (Wildman–Crippen LogP) is 1.76. The molecule has 0 aliphatic carbocycles. The molecule has 1 rings (SSSR count). The van der Waals surface area contributed by atoms with Crippen molar-refractivity contribution in [2.24, 2.45) is 0 Å². The second kappa shape index (κ2) is 5.44. The molecule has 0 aliphatic rings. The first-order chi connectivity index (χ1) is 7.47. The smallest absolute Gasteiger partial charge is 0.303 e. The summed E-state index contributed by atoms with van der Waals surface area (Å²) in [5.41, 5.74) is 0.903. The third-order valence-corrected chi connectivity index (χ3v) is 2.15. The van der Waals surface area contributed by atoms with Crippen molar-refractivity contribution < 1.29 is 9.90 Å². The maximum absolute atomic E-state index is 10.4. The van der Waals surface area contributed by atoms with Gasteiger partial charge in [0.2, 0.25) is 0 Å². The number of aryl methyl sites for hydroxylation is 2. The second-order valence-electron chi connectivity index (χ2n) is 3.92. The van der Waals surface area contributed by atoms with Crippen molar-refractivity contribution in [1.82, 2.24) is 9.97 Å². The lowest BCUT2D eigenvalue weighted by atomic mass is 10.2. The molecule has 5 nitrogen and oxygen atoms in total. The molecule has 0 saturated carbocycles. The van der Waals surface area contributed by atoms with E-state index in [1.807, 2.05) is 26.8 Å². The minimum Gasteiger partial charge on any atom is -0.481 e. The summed E-state index contributed by atoms with van der Waals surface area (Å²) in [5.74, 6) is 0.694. The lowest BCUT2D eigenvalue weighted by Crippen LogP contribution is -2.18. The standard InChI is InChI=1S/C11H17N3O2/c1-7(4-5-11(15)16)13-10-6-8(2)12-9(3)14-10/h6-7H,4-5H2,1-3H3,(H,15,16)(H,12,13,14). The van der Waals surface area contributed by atoms with Gasteiger partial charge in [-0.25, -0.2) is 9.97 Å². The molecule has 2 N–H and O–H groups in total. The Hall–Kier alpha value is -1.65. The highest BCUT2D eigenvalue weighted by molar-refractivity contribution is 5.66. The molecule has 16 heavy (non-hydrogen) atoms. The Morgan fingerprint density at radius 3 is 2.75 bits per heavy atom. The molecule has 1 aromatic rings. The fourth-order valence-corrected chi connectivity index (χ4v) is 1.46. The molecule has 5 heteroatoms. The van der Waals surface area contributed by atoms with Crippen LogP contribution in [-0.2, 0) is 4.79 Å². The molecular weight excluding hydrogens is 206 g/mol. The number of nitrogens with one attached hydrogen (secondary N) is 1. The van der Waals surface area contributed by atoms with Gasteiger partial charge in [-0.15, -0.1) is 0 Å². The van der Waals surface area contributed by atoms with Crippen molar-refractivity contribution >= 4 is 11.8 Å². The zero-order valence-electron chi connectivity index (χ0n) is 9.82. The van der Waals surface area contributed by atoms with Crippen LogP contribution in [0.15, 0.2) is 6.07 Å². The van der Waals surface area contributed by atoms with Gasteiger partial charge in [0.05, 0.1) is 0 Å². The summed E-state index contributed by atoms with van der Waals surface area (Å²) >= 11 is 0. The zero-order chi connectivity index (χ0) is 12.1. The third-order valence-electron chi connectivity index (χ3n) is 2.15. The van der Waals surface area contributed by atoms with Gasteiger partial charge in [-0.1, -0.05) is 0 Å². The van der Waals surface area contributed by atoms with Crippen LogP contribution in [0.4, 0.5) is 5.82 Å². The van der Waals surface area contributed by atoms with Crippen LogP contribution in [0.1, 0.15) is 31.3 Å². The topological polar surface area (TPSA) is 75.1 Å². The van der Waals surface area contributed by atoms with Gasteiger partial charge in [0.25, 0.3) is 0 Å². The summed E-state index contributed by atoms with van der Waals surface area (Å²) in [7, 11) is 0. The Bertz CT molecular complexity index is 359. The lowest BCUT2D eigenvalue weighted by Gasteiger charge is -2.13. The Kier molecular flexibility index (Phi) is 4.22. The average Bonchev–Trinajstić information content (AvgIpc) is 2.12. The number of anilines is 1. The quantitative estimate of drug-likeness (QED) is 0.795. The summed E-state index contributed by atoms with van der Waals surface area (Å²) in [6.07, 6.45) is 0.745. The molecular formula is C11H17N3O2. The monoisotopic (exact) mass is 223 g/mol. The van der Waals surface area contributed by atoms with Crippen molar-refractivity contribution in [3.05, 3.63) is 17.6 Å². The van der Waals surface area contributed by atoms with Crippen LogP contribution in [0, 0.1) is 13.8 Å². The fourth-order valence-electron chi connectivity index (χ4n) is 1.46. The van der Waals surface area contributed by atoms with Gasteiger partial charge in [-0.05, 0) is 27.2 Å². The van der Waals surface area contributed by atoms with Gasteiger partial charge >= 0.3 is 5.97 Å². The highest BCUT2D eigenvalue weighted by Crippen LogP contribution is 2.09. The molecule has 88 valence electrons. The van der Waals surface area contributed by atoms with Crippen LogP contribution in [0.25, 0.3) is 0 Å². The van der Waals surface area contributed by atoms with Crippen LogP contribution < -0.4 is 5.32 Å². The molecule has 1 atom stereocenters. The summed E-state index contributed by atoms with van der Waals surface area (Å²) in [6.45, 7) is 5.68. The Labute approximate surface area is 94.9 Å². The second-order valence-corrected chi connectivity index (χ2v) is 3.92. The molecule has 0 saturated heterocycles. The number of nitrogens with zero attached hydrogens (tertiary/aromatic N) is 2. The highest BCUT2D eigenvalue weighted by Gasteiger charge is 2.06. The van der Waals surface area contributed by atoms with Gasteiger partial charge in [0.1, 0.15) is 11.6 Å². The van der Waals surface area contributed by atoms with Gasteiger partial charge < -0.3 is 10.4 Å². The van der Waals surface area contributed by atoms with Crippen LogP contribution in [0.2, 0.25) is 0 Å². The van der Waals surface area contributed by atoms with E-state index in [0.29, 0.717) is 12.2 Å². The van der Waals surface area contributed by atoms with Gasteiger partial charge in [0.15, 0.2) is 0 Å². The van der Waals surface area contributed by atoms with Crippen molar-refractivity contribution in [1.29, 1.82) is 0 Å². The molecule has 0 fully saturated rings. The van der Waals surface area contributed by atoms with Gasteiger partial charge in [-0.3, -0.25) is 4.79 Å². The number of carboxylic acid groups (broad SMARTS) is 1. The van der Waals surface area contributed by atoms with E-state index in [4.69, 9.17) is 5.11 Å². The fraction of sp³-hybridized carbons (Fsp3) is 0.545. The van der Waals surface area contributed by atoms with E-state index >= 15 is 0 Å². The summed E-state index contributed by atoms with van der Waals surface area (Å²) in [5, 5.41) is 11.7. The summed E-state index contributed by atoms with van der Waals surface area (Å²) < 4.78 is 0. The van der Waals surface area contributed by atoms with Crippen LogP contribution in [0.3, 0.4) is 0 Å². The maximum atomic E-state index is 10.4. The largest absolute Gasteiger partial charge is 0.481 e. The number of carbonyl (C=O) groups is 1. The van der Waals surface area contributed by atoms with Crippen LogP contribution in [-0.4, -0.2) is 27.1 Å². The Morgan fingerprint density at radius 2 is 2.19 bits per heavy atom. The molecule has 0 aliphatic heterocycles.